The molecule has 0 bridgehead atoms. The van der Waals surface area contributed by atoms with Crippen LogP contribution in [0, 0.1) is 24.7 Å². The van der Waals surface area contributed by atoms with Crippen LogP contribution in [0.5, 0.6) is 11.5 Å². The molecule has 0 aliphatic carbocycles. The Balaban J connectivity index is 0.000000151. The van der Waals surface area contributed by atoms with E-state index in [-0.39, 0.29) is 53.6 Å². The van der Waals surface area contributed by atoms with Crippen LogP contribution in [-0.4, -0.2) is 170 Å². The predicted molar refractivity (Wildman–Crippen MR) is 373 cm³/mol. The molecule has 7 heterocycles. The Morgan fingerprint density at radius 2 is 0.891 bits per heavy atom. The van der Waals surface area contributed by atoms with Gasteiger partial charge in [-0.15, -0.1) is 11.3 Å². The van der Waals surface area contributed by atoms with E-state index in [1.165, 1.54) is 17.0 Å². The van der Waals surface area contributed by atoms with Gasteiger partial charge in [-0.25, -0.2) is 0 Å². The number of ether oxygens (including phenoxy) is 2. The fourth-order valence-corrected chi connectivity index (χ4v) is 19.3. The number of halogens is 3. The molecule has 0 saturated carbocycles. The summed E-state index contributed by atoms with van der Waals surface area (Å²) >= 11 is 1.71. The van der Waals surface area contributed by atoms with Gasteiger partial charge in [0.15, 0.2) is 0 Å². The summed E-state index contributed by atoms with van der Waals surface area (Å²) in [6.45, 7) is 7.81. The van der Waals surface area contributed by atoms with E-state index >= 15 is 0 Å². The molecule has 5 aromatic carbocycles. The summed E-state index contributed by atoms with van der Waals surface area (Å²) in [6.07, 6.45) is -0.530. The molecule has 3 unspecified atom stereocenters. The van der Waals surface area contributed by atoms with Gasteiger partial charge in [0.1, 0.15) is 11.5 Å². The van der Waals surface area contributed by atoms with Crippen LogP contribution in [0.1, 0.15) is 83.8 Å². The van der Waals surface area contributed by atoms with Crippen LogP contribution < -0.4 is 24.2 Å². The monoisotopic (exact) mass is 1340 g/mol. The number of anilines is 3. The van der Waals surface area contributed by atoms with Crippen molar-refractivity contribution in [2.75, 3.05) is 122 Å². The van der Waals surface area contributed by atoms with Crippen molar-refractivity contribution in [3.05, 3.63) is 172 Å². The largest absolute Gasteiger partial charge is 0.497 e. The molecule has 3 amide bonds. The third kappa shape index (κ3) is 16.9. The molecule has 3 atom stereocenters. The van der Waals surface area contributed by atoms with Gasteiger partial charge in [-0.1, -0.05) is 78.9 Å². The minimum Gasteiger partial charge on any atom is -0.497 e. The predicted octanol–water partition coefficient (Wildman–Crippen LogP) is 11.0. The number of nitrogens with zero attached hydrogens (tertiary/aromatic N) is 6. The number of carbonyl (C=O) groups excluding carboxylic acids is 3. The van der Waals surface area contributed by atoms with Crippen LogP contribution in [0.15, 0.2) is 145 Å². The van der Waals surface area contributed by atoms with Gasteiger partial charge >= 0.3 is 6.18 Å². The van der Waals surface area contributed by atoms with Crippen molar-refractivity contribution in [1.82, 2.24) is 14.7 Å². The third-order valence-corrected chi connectivity index (χ3v) is 25.9. The van der Waals surface area contributed by atoms with E-state index in [2.05, 4.69) is 87.1 Å². The number of amides is 3. The average Bonchev–Trinajstić information content (AvgIpc) is 1.08. The third-order valence-electron chi connectivity index (χ3n) is 19.0. The maximum atomic E-state index is 13.5. The van der Waals surface area contributed by atoms with Crippen molar-refractivity contribution in [3.8, 4) is 11.5 Å². The van der Waals surface area contributed by atoms with E-state index in [1.807, 2.05) is 87.5 Å². The Morgan fingerprint density at radius 3 is 1.29 bits per heavy atom. The van der Waals surface area contributed by atoms with Crippen molar-refractivity contribution < 1.29 is 49.7 Å². The first kappa shape index (κ1) is 67.9. The zero-order valence-electron chi connectivity index (χ0n) is 53.0. The standard InChI is InChI=1S/C24H27F3N2O2S.C24H30N2O3S.C23H30N2O3S2/c1-32(31)14-10-19(11-15-32)23(30)29-13-12-28(17-22(29)18-6-3-2-4-7-18)21-9-5-8-20(16-21)24(25,26)27;1-29-22-10-6-9-21(17-22)25-13-14-26(23(18-25)19-7-4-3-5-8-19)24(27)20-11-15-30(2,28)16-12-20;1-17-15-19(6-7-21(17)28-2)24-10-11-25(20(16-24)22-5-4-12-29-22)23(26)18-8-13-30(3,27)14-9-18/h2-9,16,19,22H,1,10-15,17H2;3-10,17,20,23H,2,11-16,18H2,1H3;4-7,12,15,18,20H,3,8-11,13-14,16H2,1-2H3. The highest BCUT2D eigenvalue weighted by Gasteiger charge is 2.41. The average molecular weight is 1340 g/mol. The molecule has 0 radical (unpaired) electrons. The number of methoxy groups -OCH3 is 2. The second kappa shape index (κ2) is 29.6. The summed E-state index contributed by atoms with van der Waals surface area (Å²) in [5.41, 5.74) is 5.31. The maximum Gasteiger partial charge on any atom is 0.416 e. The molecule has 14 nitrogen and oxygen atoms in total. The van der Waals surface area contributed by atoms with E-state index in [0.29, 0.717) is 111 Å². The normalized spacial score (nSPS) is 26.9. The van der Waals surface area contributed by atoms with Gasteiger partial charge in [0.2, 0.25) is 17.7 Å². The molecule has 21 heteroatoms. The van der Waals surface area contributed by atoms with Gasteiger partial charge in [0.05, 0.1) is 37.9 Å². The van der Waals surface area contributed by atoms with Crippen LogP contribution in [-0.2, 0) is 49.1 Å². The molecule has 0 N–H and O–H groups in total. The summed E-state index contributed by atoms with van der Waals surface area (Å²) in [7, 11) is -2.67. The van der Waals surface area contributed by atoms with Gasteiger partial charge in [-0.3, -0.25) is 27.0 Å². The number of hydrogen-bond donors (Lipinski definition) is 0. The molecule has 12 rings (SSSR count). The molecule has 1 aromatic heterocycles. The van der Waals surface area contributed by atoms with E-state index in [9.17, 15) is 40.2 Å². The molecule has 6 fully saturated rings. The lowest BCUT2D eigenvalue weighted by atomic mass is 9.96. The maximum absolute atomic E-state index is 13.5. The molecule has 6 aliphatic heterocycles. The summed E-state index contributed by atoms with van der Waals surface area (Å²) in [6, 6.07) is 43.5. The van der Waals surface area contributed by atoms with E-state index in [1.54, 1.807) is 31.6 Å². The summed E-state index contributed by atoms with van der Waals surface area (Å²) in [5.74, 6) is 16.6. The molecule has 494 valence electrons. The number of hydrogen-bond acceptors (Lipinski definition) is 12. The topological polar surface area (TPSA) is 140 Å². The van der Waals surface area contributed by atoms with Crippen LogP contribution in [0.3, 0.4) is 0 Å². The highest BCUT2D eigenvalue weighted by Crippen LogP contribution is 2.39. The Morgan fingerprint density at radius 1 is 0.478 bits per heavy atom. The summed E-state index contributed by atoms with van der Waals surface area (Å²) in [5, 5.41) is 2.08. The van der Waals surface area contributed by atoms with E-state index < -0.39 is 40.3 Å². The van der Waals surface area contributed by atoms with Gasteiger partial charge in [-0.2, -0.15) is 13.2 Å². The zero-order chi connectivity index (χ0) is 65.4. The van der Waals surface area contributed by atoms with Crippen LogP contribution >= 0.6 is 11.3 Å². The Kier molecular flexibility index (Phi) is 21.8. The first-order valence-electron chi connectivity index (χ1n) is 31.7. The number of benzene rings is 5. The number of piperazine rings is 3. The Labute approximate surface area is 546 Å². The van der Waals surface area contributed by atoms with Gasteiger partial charge in [-0.05, 0) is 168 Å². The van der Waals surface area contributed by atoms with Crippen molar-refractivity contribution in [1.29, 1.82) is 0 Å². The lowest BCUT2D eigenvalue weighted by Gasteiger charge is -2.44. The van der Waals surface area contributed by atoms with Crippen molar-refractivity contribution >= 4 is 92.3 Å². The van der Waals surface area contributed by atoms with E-state index in [4.69, 9.17) is 9.47 Å². The number of aryl methyl sites for hydroxylation is 1. The highest BCUT2D eigenvalue weighted by molar-refractivity contribution is 8.00. The minimum atomic E-state index is -4.40. The summed E-state index contributed by atoms with van der Waals surface area (Å²) in [4.78, 5) is 54.1. The molecular weight excluding hydrogens is 1250 g/mol. The molecule has 0 spiro atoms. The minimum absolute atomic E-state index is 0.00955. The smallest absolute Gasteiger partial charge is 0.416 e. The van der Waals surface area contributed by atoms with Crippen molar-refractivity contribution in [3.63, 3.8) is 0 Å². The number of rotatable bonds is 11. The fourth-order valence-electron chi connectivity index (χ4n) is 13.6. The van der Waals surface area contributed by atoms with Gasteiger partial charge in [0, 0.05) is 139 Å². The van der Waals surface area contributed by atoms with Crippen molar-refractivity contribution in [2.24, 2.45) is 17.8 Å². The highest BCUT2D eigenvalue weighted by atomic mass is 32.2. The fraction of sp³-hybridized carbons (Fsp3) is 0.437. The van der Waals surface area contributed by atoms with Crippen LogP contribution in [0.2, 0.25) is 0 Å². The first-order valence-corrected chi connectivity index (χ1v) is 38.8. The van der Waals surface area contributed by atoms with Gasteiger partial charge < -0.3 is 38.9 Å². The van der Waals surface area contributed by atoms with Crippen molar-refractivity contribution in [2.45, 2.75) is 69.8 Å². The molecule has 92 heavy (non-hydrogen) atoms. The van der Waals surface area contributed by atoms with Crippen LogP contribution in [0.4, 0.5) is 30.2 Å². The molecule has 6 saturated heterocycles. The number of carbonyl (C=O) groups is 3. The molecule has 6 aromatic rings. The van der Waals surface area contributed by atoms with E-state index in [0.717, 1.165) is 71.8 Å². The first-order chi connectivity index (χ1) is 44.0. The molecular formula is C71H87F3N6O8S4. The number of thiophene rings is 1. The Hall–Kier alpha value is -6.94. The summed E-state index contributed by atoms with van der Waals surface area (Å²) < 4.78 is 87.1. The number of alkyl halides is 3. The SMILES string of the molecule is C=S1(=O)CCC(C(=O)N2CCN(c3ccc(OC)c(C)c3)CC2c2cccs2)CC1.C=S1(=O)CCC(C(=O)N2CCN(c3cccc(C(F)(F)F)c3)CC2c2ccccc2)CC1.C=S1(=O)CCC(C(=O)N2CCN(c3cccc(OC)c3)CC2c2ccccc2)CC1. The Bertz CT molecular complexity index is 3820. The second-order valence-corrected chi connectivity index (χ2v) is 34.4. The van der Waals surface area contributed by atoms with Crippen LogP contribution in [0.25, 0.3) is 0 Å². The second-order valence-electron chi connectivity index (χ2n) is 25.2. The lowest BCUT2D eigenvalue weighted by molar-refractivity contribution is -0.139. The quantitative estimate of drug-likeness (QED) is 0.115. The molecule has 6 aliphatic rings. The lowest BCUT2D eigenvalue weighted by Crippen LogP contribution is -2.53. The van der Waals surface area contributed by atoms with Gasteiger partial charge in [0.25, 0.3) is 0 Å². The zero-order valence-corrected chi connectivity index (χ0v) is 56.3.